The number of carbonyl (C=O) groups is 4. The third-order valence-electron chi connectivity index (χ3n) is 10.8. The fourth-order valence-electron chi connectivity index (χ4n) is 8.58. The maximum absolute atomic E-state index is 15.2. The Bertz CT molecular complexity index is 1790. The Morgan fingerprint density at radius 2 is 1.43 bits per heavy atom. The lowest BCUT2D eigenvalue weighted by atomic mass is 9.56. The summed E-state index contributed by atoms with van der Waals surface area (Å²) >= 11 is 14.3. The molecule has 2 saturated carbocycles. The molecular weight excluding hydrogens is 698 g/mol. The summed E-state index contributed by atoms with van der Waals surface area (Å²) in [4.78, 5) is 52.5. The first-order valence-corrected chi connectivity index (χ1v) is 16.7. The summed E-state index contributed by atoms with van der Waals surface area (Å²) in [5, 5.41) is 9.14. The topological polar surface area (TPSA) is 104 Å². The van der Waals surface area contributed by atoms with Crippen LogP contribution >= 0.6 is 23.2 Å². The van der Waals surface area contributed by atoms with Gasteiger partial charge in [-0.15, -0.1) is 23.2 Å². The average molecular weight is 728 g/mol. The van der Waals surface area contributed by atoms with Gasteiger partial charge in [0.1, 0.15) is 18.0 Å². The standard InChI is InChI=1S/C34H29Cl2F5N2O6/c35-33-14-20-18(10-11-19-21(20)30(46)42(29(19)45)16-4-2-1-3-5-16)22(15-6-8-17(9-7-15)49-13-12-44)34(33,36)32(48)43(31(33)47)28-26(40)24(38)23(37)25(39)27(28)41/h6-10,16,19-22,44H,1-5,11-14H2/t19-,20+,21-,22-,33+,34-/m0/s1. The van der Waals surface area contributed by atoms with Crippen LogP contribution in [0.1, 0.15) is 56.4 Å². The monoisotopic (exact) mass is 726 g/mol. The van der Waals surface area contributed by atoms with E-state index < -0.39 is 92.3 Å². The lowest BCUT2D eigenvalue weighted by Gasteiger charge is -2.50. The van der Waals surface area contributed by atoms with Crippen LogP contribution in [0.4, 0.5) is 27.6 Å². The van der Waals surface area contributed by atoms with Crippen molar-refractivity contribution in [1.29, 1.82) is 0 Å². The Labute approximate surface area is 286 Å². The van der Waals surface area contributed by atoms with E-state index in [4.69, 9.17) is 33.0 Å². The summed E-state index contributed by atoms with van der Waals surface area (Å²) in [6.45, 7) is -0.323. The number of hydrogen-bond donors (Lipinski definition) is 1. The normalized spacial score (nSPS) is 31.6. The van der Waals surface area contributed by atoms with Gasteiger partial charge in [-0.05, 0) is 49.3 Å². The summed E-state index contributed by atoms with van der Waals surface area (Å²) < 4.78 is 78.7. The lowest BCUT2D eigenvalue weighted by molar-refractivity contribution is -0.143. The van der Waals surface area contributed by atoms with Gasteiger partial charge in [0.15, 0.2) is 33.0 Å². The van der Waals surface area contributed by atoms with Crippen molar-refractivity contribution in [2.45, 2.75) is 66.7 Å². The second-order valence-corrected chi connectivity index (χ2v) is 14.4. The van der Waals surface area contributed by atoms with E-state index >= 15 is 8.78 Å². The number of anilines is 1. The van der Waals surface area contributed by atoms with Gasteiger partial charge < -0.3 is 9.84 Å². The maximum atomic E-state index is 15.2. The summed E-state index contributed by atoms with van der Waals surface area (Å²) in [5.41, 5.74) is -1.19. The van der Waals surface area contributed by atoms with Gasteiger partial charge in [0.25, 0.3) is 11.8 Å². The van der Waals surface area contributed by atoms with Crippen molar-refractivity contribution < 1.29 is 51.0 Å². The number of alkyl halides is 2. The number of allylic oxidation sites excluding steroid dienone is 2. The highest BCUT2D eigenvalue weighted by molar-refractivity contribution is 6.58. The van der Waals surface area contributed by atoms with E-state index in [1.807, 2.05) is 0 Å². The van der Waals surface area contributed by atoms with Crippen LogP contribution in [0, 0.1) is 46.8 Å². The van der Waals surface area contributed by atoms with Crippen molar-refractivity contribution in [3.8, 4) is 5.75 Å². The third kappa shape index (κ3) is 4.64. The number of rotatable bonds is 6. The Balaban J connectivity index is 1.39. The minimum atomic E-state index is -2.59. The predicted octanol–water partition coefficient (Wildman–Crippen LogP) is 5.65. The SMILES string of the molecule is O=C1[C@H]2[C@H](CC=C3[C@H]2C[C@@]2(Cl)C(=O)N(c4c(F)c(F)c(F)c(F)c4F)C(=O)[C@@]2(Cl)[C@H]3c2ccc(OCCO)cc2)C(=O)N1C1CCCCC1. The molecule has 4 amide bonds. The first-order chi connectivity index (χ1) is 23.3. The van der Waals surface area contributed by atoms with E-state index in [-0.39, 0.29) is 42.0 Å². The van der Waals surface area contributed by atoms with Gasteiger partial charge in [-0.1, -0.05) is 43.0 Å². The fraction of sp³-hybridized carbons (Fsp3) is 0.471. The highest BCUT2D eigenvalue weighted by Gasteiger charge is 2.77. The molecule has 7 rings (SSSR count). The second kappa shape index (κ2) is 12.1. The van der Waals surface area contributed by atoms with Gasteiger partial charge >= 0.3 is 0 Å². The van der Waals surface area contributed by atoms with Crippen LogP contribution in [0.5, 0.6) is 5.75 Å². The van der Waals surface area contributed by atoms with Crippen molar-refractivity contribution in [3.05, 3.63) is 70.6 Å². The molecule has 1 N–H and O–H groups in total. The third-order valence-corrected chi connectivity index (χ3v) is 12.2. The zero-order valence-electron chi connectivity index (χ0n) is 25.7. The number of hydrogen-bond acceptors (Lipinski definition) is 6. The minimum absolute atomic E-state index is 0.0409. The van der Waals surface area contributed by atoms with Crippen LogP contribution in [0.3, 0.4) is 0 Å². The molecule has 2 saturated heterocycles. The molecule has 5 aliphatic rings. The lowest BCUT2D eigenvalue weighted by Crippen LogP contribution is -2.60. The number of ether oxygens (including phenoxy) is 1. The molecule has 0 spiro atoms. The number of halogens is 7. The van der Waals surface area contributed by atoms with Crippen LogP contribution in [0.25, 0.3) is 0 Å². The fourth-order valence-corrected chi connectivity index (χ4v) is 9.52. The molecule has 260 valence electrons. The first-order valence-electron chi connectivity index (χ1n) is 16.0. The number of fused-ring (bicyclic) bond motifs is 4. The van der Waals surface area contributed by atoms with E-state index in [1.165, 1.54) is 29.2 Å². The Hall–Kier alpha value is -3.55. The van der Waals surface area contributed by atoms with Crippen LogP contribution in [-0.2, 0) is 19.2 Å². The number of amides is 4. The van der Waals surface area contributed by atoms with Crippen LogP contribution in [-0.4, -0.2) is 62.6 Å². The predicted molar refractivity (Wildman–Crippen MR) is 164 cm³/mol. The summed E-state index contributed by atoms with van der Waals surface area (Å²) in [7, 11) is 0. The van der Waals surface area contributed by atoms with Crippen molar-refractivity contribution in [2.24, 2.45) is 17.8 Å². The highest BCUT2D eigenvalue weighted by atomic mass is 35.5. The number of benzene rings is 2. The van der Waals surface area contributed by atoms with Gasteiger partial charge in [0, 0.05) is 12.0 Å². The molecule has 8 nitrogen and oxygen atoms in total. The summed E-state index contributed by atoms with van der Waals surface area (Å²) in [6.07, 6.45) is 5.15. The molecule has 2 heterocycles. The van der Waals surface area contributed by atoms with E-state index in [9.17, 15) is 32.3 Å². The Morgan fingerprint density at radius 3 is 2.04 bits per heavy atom. The molecule has 4 fully saturated rings. The number of aliphatic hydroxyl groups excluding tert-OH is 1. The van der Waals surface area contributed by atoms with Crippen LogP contribution in [0.2, 0.25) is 0 Å². The molecule has 0 radical (unpaired) electrons. The van der Waals surface area contributed by atoms with E-state index in [0.717, 1.165) is 19.3 Å². The summed E-state index contributed by atoms with van der Waals surface area (Å²) in [6, 6.07) is 5.64. The zero-order valence-corrected chi connectivity index (χ0v) is 27.2. The molecule has 2 aliphatic heterocycles. The number of imide groups is 2. The van der Waals surface area contributed by atoms with Crippen molar-refractivity contribution in [2.75, 3.05) is 18.1 Å². The van der Waals surface area contributed by atoms with Gasteiger partial charge in [-0.3, -0.25) is 24.1 Å². The molecule has 6 atom stereocenters. The largest absolute Gasteiger partial charge is 0.491 e. The first kappa shape index (κ1) is 33.9. The number of likely N-dealkylation sites (tertiary alicyclic amines) is 1. The van der Waals surface area contributed by atoms with E-state index in [2.05, 4.69) is 0 Å². The average Bonchev–Trinajstić information content (AvgIpc) is 3.44. The molecule has 0 unspecified atom stereocenters. The maximum Gasteiger partial charge on any atom is 0.258 e. The van der Waals surface area contributed by atoms with E-state index in [0.29, 0.717) is 24.2 Å². The van der Waals surface area contributed by atoms with Crippen molar-refractivity contribution in [3.63, 3.8) is 0 Å². The van der Waals surface area contributed by atoms with Crippen molar-refractivity contribution >= 4 is 52.5 Å². The van der Waals surface area contributed by atoms with Gasteiger partial charge in [0.2, 0.25) is 17.6 Å². The van der Waals surface area contributed by atoms with Gasteiger partial charge in [0.05, 0.1) is 18.4 Å². The minimum Gasteiger partial charge on any atom is -0.491 e. The van der Waals surface area contributed by atoms with Crippen LogP contribution < -0.4 is 9.64 Å². The number of aliphatic hydroxyl groups is 1. The van der Waals surface area contributed by atoms with E-state index in [1.54, 1.807) is 6.08 Å². The summed E-state index contributed by atoms with van der Waals surface area (Å²) in [5.74, 6) is -19.8. The molecule has 15 heteroatoms. The molecule has 3 aliphatic carbocycles. The molecule has 0 bridgehead atoms. The van der Waals surface area contributed by atoms with Crippen molar-refractivity contribution in [1.82, 2.24) is 4.90 Å². The Morgan fingerprint density at radius 1 is 0.816 bits per heavy atom. The molecule has 2 aromatic carbocycles. The Kier molecular flexibility index (Phi) is 8.34. The van der Waals surface area contributed by atoms with Gasteiger partial charge in [-0.2, -0.15) is 0 Å². The van der Waals surface area contributed by atoms with Crippen LogP contribution in [0.15, 0.2) is 35.9 Å². The number of nitrogens with zero attached hydrogens (tertiary/aromatic N) is 2. The number of carbonyl (C=O) groups excluding carboxylic acids is 4. The highest BCUT2D eigenvalue weighted by Crippen LogP contribution is 2.66. The second-order valence-electron chi connectivity index (χ2n) is 13.2. The molecule has 2 aromatic rings. The molecule has 0 aromatic heterocycles. The smallest absolute Gasteiger partial charge is 0.258 e. The van der Waals surface area contributed by atoms with Gasteiger partial charge in [-0.25, -0.2) is 26.9 Å². The zero-order chi connectivity index (χ0) is 35.2. The molecular formula is C34H29Cl2F5N2O6. The molecule has 49 heavy (non-hydrogen) atoms. The quantitative estimate of drug-likeness (QED) is 0.103.